The summed E-state index contributed by atoms with van der Waals surface area (Å²) < 4.78 is 5.28. The first-order valence-corrected chi connectivity index (χ1v) is 9.01. The molecule has 3 aliphatic carbocycles. The highest BCUT2D eigenvalue weighted by molar-refractivity contribution is 5.67. The highest BCUT2D eigenvalue weighted by Crippen LogP contribution is 2.45. The summed E-state index contributed by atoms with van der Waals surface area (Å²) >= 11 is 0. The normalized spacial score (nSPS) is 26.7. The van der Waals surface area contributed by atoms with Gasteiger partial charge < -0.3 is 15.4 Å². The van der Waals surface area contributed by atoms with E-state index in [2.05, 4.69) is 10.6 Å². The van der Waals surface area contributed by atoms with E-state index < -0.39 is 0 Å². The summed E-state index contributed by atoms with van der Waals surface area (Å²) in [5.74, 6) is 1.87. The van der Waals surface area contributed by atoms with Crippen LogP contribution >= 0.6 is 0 Å². The zero-order chi connectivity index (χ0) is 15.6. The minimum atomic E-state index is -0.293. The van der Waals surface area contributed by atoms with Gasteiger partial charge in [0.15, 0.2) is 0 Å². The molecule has 4 rings (SSSR count). The van der Waals surface area contributed by atoms with Crippen molar-refractivity contribution in [2.24, 2.45) is 11.8 Å². The smallest absolute Gasteiger partial charge is 0.407 e. The third-order valence-corrected chi connectivity index (χ3v) is 5.36. The minimum absolute atomic E-state index is 0.273. The van der Waals surface area contributed by atoms with Crippen LogP contribution in [0.2, 0.25) is 0 Å². The highest BCUT2D eigenvalue weighted by atomic mass is 16.5. The minimum Gasteiger partial charge on any atom is -0.445 e. The number of benzene rings is 1. The molecule has 1 aromatic carbocycles. The van der Waals surface area contributed by atoms with Crippen molar-refractivity contribution in [3.63, 3.8) is 0 Å². The Morgan fingerprint density at radius 2 is 1.70 bits per heavy atom. The third kappa shape index (κ3) is 4.05. The van der Waals surface area contributed by atoms with Gasteiger partial charge in [-0.3, -0.25) is 0 Å². The first kappa shape index (κ1) is 15.0. The van der Waals surface area contributed by atoms with Gasteiger partial charge in [-0.05, 0) is 55.9 Å². The number of carbonyl (C=O) groups excluding carboxylic acids is 1. The summed E-state index contributed by atoms with van der Waals surface area (Å²) in [4.78, 5) is 11.8. The van der Waals surface area contributed by atoms with Crippen molar-refractivity contribution in [1.82, 2.24) is 10.6 Å². The fraction of sp³-hybridized carbons (Fsp3) is 0.632. The lowest BCUT2D eigenvalue weighted by atomic mass is 9.85. The van der Waals surface area contributed by atoms with Crippen LogP contribution in [0.3, 0.4) is 0 Å². The molecule has 0 unspecified atom stereocenters. The number of hydrogen-bond donors (Lipinski definition) is 2. The van der Waals surface area contributed by atoms with Crippen molar-refractivity contribution < 1.29 is 9.53 Å². The van der Waals surface area contributed by atoms with Crippen LogP contribution in [0.5, 0.6) is 0 Å². The molecule has 0 bridgehead atoms. The summed E-state index contributed by atoms with van der Waals surface area (Å²) in [7, 11) is 0. The van der Waals surface area contributed by atoms with Crippen LogP contribution in [-0.4, -0.2) is 24.2 Å². The van der Waals surface area contributed by atoms with E-state index in [-0.39, 0.29) is 12.1 Å². The Balaban J connectivity index is 1.14. The maximum Gasteiger partial charge on any atom is 0.407 e. The number of hydrogen-bond acceptors (Lipinski definition) is 3. The molecule has 23 heavy (non-hydrogen) atoms. The lowest BCUT2D eigenvalue weighted by Crippen LogP contribution is -2.55. The molecule has 4 heteroatoms. The molecule has 0 aliphatic heterocycles. The molecule has 3 fully saturated rings. The zero-order valence-corrected chi connectivity index (χ0v) is 13.5. The maximum atomic E-state index is 11.8. The monoisotopic (exact) mass is 314 g/mol. The van der Waals surface area contributed by atoms with Gasteiger partial charge in [0.1, 0.15) is 6.61 Å². The standard InChI is InChI=1S/C19H26N2O2/c22-19(23-12-13-4-2-1-3-5-13)21-17-10-16(11-17)20-18(14-6-7-14)15-8-9-15/h1-5,14-18,20H,6-12H2,(H,21,22). The number of amides is 1. The Morgan fingerprint density at radius 1 is 1.04 bits per heavy atom. The van der Waals surface area contributed by atoms with E-state index in [0.29, 0.717) is 12.6 Å². The summed E-state index contributed by atoms with van der Waals surface area (Å²) in [6.45, 7) is 0.340. The second kappa shape index (κ2) is 6.52. The molecule has 0 saturated heterocycles. The molecule has 0 heterocycles. The Labute approximate surface area is 138 Å². The predicted octanol–water partition coefficient (Wildman–Crippen LogP) is 3.22. The van der Waals surface area contributed by atoms with Crippen LogP contribution in [0.1, 0.15) is 44.1 Å². The van der Waals surface area contributed by atoms with Crippen LogP contribution in [0.15, 0.2) is 30.3 Å². The molecular formula is C19H26N2O2. The van der Waals surface area contributed by atoms with Gasteiger partial charge in [-0.25, -0.2) is 4.79 Å². The lowest BCUT2D eigenvalue weighted by Gasteiger charge is -2.38. The molecule has 124 valence electrons. The fourth-order valence-corrected chi connectivity index (χ4v) is 3.64. The summed E-state index contributed by atoms with van der Waals surface area (Å²) in [6, 6.07) is 11.4. The van der Waals surface area contributed by atoms with Gasteiger partial charge in [-0.15, -0.1) is 0 Å². The van der Waals surface area contributed by atoms with Gasteiger partial charge in [0.2, 0.25) is 0 Å². The van der Waals surface area contributed by atoms with Gasteiger partial charge in [-0.2, -0.15) is 0 Å². The van der Waals surface area contributed by atoms with Crippen LogP contribution < -0.4 is 10.6 Å². The molecule has 0 spiro atoms. The first-order valence-electron chi connectivity index (χ1n) is 9.01. The molecular weight excluding hydrogens is 288 g/mol. The van der Waals surface area contributed by atoms with E-state index >= 15 is 0 Å². The Hall–Kier alpha value is -1.55. The van der Waals surface area contributed by atoms with Crippen molar-refractivity contribution in [2.75, 3.05) is 0 Å². The fourth-order valence-electron chi connectivity index (χ4n) is 3.64. The molecule has 1 aromatic rings. The Kier molecular flexibility index (Phi) is 4.25. The van der Waals surface area contributed by atoms with Crippen molar-refractivity contribution in [2.45, 2.75) is 63.3 Å². The first-order chi connectivity index (χ1) is 11.3. The van der Waals surface area contributed by atoms with Gasteiger partial charge in [0, 0.05) is 18.1 Å². The average molecular weight is 314 g/mol. The van der Waals surface area contributed by atoms with Crippen LogP contribution in [-0.2, 0) is 11.3 Å². The van der Waals surface area contributed by atoms with Crippen LogP contribution in [0, 0.1) is 11.8 Å². The molecule has 3 aliphatic rings. The van der Waals surface area contributed by atoms with E-state index in [1.165, 1.54) is 25.7 Å². The molecule has 1 amide bonds. The summed E-state index contributed by atoms with van der Waals surface area (Å²) in [6.07, 6.45) is 7.43. The van der Waals surface area contributed by atoms with E-state index in [9.17, 15) is 4.79 Å². The van der Waals surface area contributed by atoms with Crippen molar-refractivity contribution in [3.05, 3.63) is 35.9 Å². The molecule has 3 saturated carbocycles. The van der Waals surface area contributed by atoms with Crippen LogP contribution in [0.4, 0.5) is 4.79 Å². The lowest BCUT2D eigenvalue weighted by molar-refractivity contribution is 0.123. The summed E-state index contributed by atoms with van der Waals surface area (Å²) in [5, 5.41) is 6.82. The topological polar surface area (TPSA) is 50.4 Å². The van der Waals surface area contributed by atoms with Crippen molar-refractivity contribution in [3.8, 4) is 0 Å². The summed E-state index contributed by atoms with van der Waals surface area (Å²) in [5.41, 5.74) is 1.02. The molecule has 0 radical (unpaired) electrons. The van der Waals surface area contributed by atoms with Gasteiger partial charge in [0.25, 0.3) is 0 Å². The Bertz CT molecular complexity index is 522. The van der Waals surface area contributed by atoms with Gasteiger partial charge in [0.05, 0.1) is 0 Å². The average Bonchev–Trinajstić information content (AvgIpc) is 3.41. The van der Waals surface area contributed by atoms with Crippen molar-refractivity contribution >= 4 is 6.09 Å². The van der Waals surface area contributed by atoms with E-state index in [1.807, 2.05) is 30.3 Å². The van der Waals surface area contributed by atoms with Gasteiger partial charge in [-0.1, -0.05) is 30.3 Å². The van der Waals surface area contributed by atoms with E-state index in [4.69, 9.17) is 4.74 Å². The second-order valence-corrected chi connectivity index (χ2v) is 7.44. The van der Waals surface area contributed by atoms with Crippen molar-refractivity contribution in [1.29, 1.82) is 0 Å². The SMILES string of the molecule is O=C(NC1CC(NC(C2CC2)C2CC2)C1)OCc1ccccc1. The number of alkyl carbamates (subject to hydrolysis) is 1. The highest BCUT2D eigenvalue weighted by Gasteiger charge is 2.43. The number of rotatable bonds is 7. The molecule has 2 N–H and O–H groups in total. The Morgan fingerprint density at radius 3 is 2.30 bits per heavy atom. The van der Waals surface area contributed by atoms with Gasteiger partial charge >= 0.3 is 6.09 Å². The third-order valence-electron chi connectivity index (χ3n) is 5.36. The second-order valence-electron chi connectivity index (χ2n) is 7.44. The predicted molar refractivity (Wildman–Crippen MR) is 88.9 cm³/mol. The number of nitrogens with one attached hydrogen (secondary N) is 2. The molecule has 0 aromatic heterocycles. The quantitative estimate of drug-likeness (QED) is 0.812. The maximum absolute atomic E-state index is 11.8. The zero-order valence-electron chi connectivity index (χ0n) is 13.5. The molecule has 0 atom stereocenters. The van der Waals surface area contributed by atoms with Crippen LogP contribution in [0.25, 0.3) is 0 Å². The number of carbonyl (C=O) groups is 1. The molecule has 4 nitrogen and oxygen atoms in total. The largest absolute Gasteiger partial charge is 0.445 e. The van der Waals surface area contributed by atoms with E-state index in [1.54, 1.807) is 0 Å². The van der Waals surface area contributed by atoms with E-state index in [0.717, 1.165) is 36.3 Å². The number of ether oxygens (including phenoxy) is 1.